The Morgan fingerprint density at radius 2 is 1.56 bits per heavy atom. The number of anilines is 1. The Hall–Kier alpha value is -6.29. The third-order valence-electron chi connectivity index (χ3n) is 9.89. The van der Waals surface area contributed by atoms with Gasteiger partial charge in [0.25, 0.3) is 5.91 Å². The lowest BCUT2D eigenvalue weighted by Gasteiger charge is -2.24. The summed E-state index contributed by atoms with van der Waals surface area (Å²) < 4.78 is 6.22. The van der Waals surface area contributed by atoms with Crippen molar-refractivity contribution in [2.24, 2.45) is 0 Å². The second-order valence-corrected chi connectivity index (χ2v) is 13.4. The molecule has 0 radical (unpaired) electrons. The van der Waals surface area contributed by atoms with Crippen LogP contribution < -0.4 is 5.32 Å². The van der Waals surface area contributed by atoms with Crippen molar-refractivity contribution in [1.82, 2.24) is 24.8 Å². The van der Waals surface area contributed by atoms with Gasteiger partial charge in [0.2, 0.25) is 17.7 Å². The molecule has 0 bridgehead atoms. The second-order valence-electron chi connectivity index (χ2n) is 13.4. The highest BCUT2D eigenvalue weighted by atomic mass is 16.4. The maximum absolute atomic E-state index is 13.5. The summed E-state index contributed by atoms with van der Waals surface area (Å²) in [6.45, 7) is 5.27. The van der Waals surface area contributed by atoms with E-state index in [1.807, 2.05) is 102 Å². The van der Waals surface area contributed by atoms with E-state index in [-0.39, 0.29) is 30.2 Å². The number of benzene rings is 4. The first-order valence-electron chi connectivity index (χ1n) is 17.6. The van der Waals surface area contributed by atoms with Gasteiger partial charge in [-0.1, -0.05) is 79.4 Å². The molecule has 2 fully saturated rings. The Morgan fingerprint density at radius 3 is 2.31 bits per heavy atom. The van der Waals surface area contributed by atoms with Crippen LogP contribution in [0.2, 0.25) is 0 Å². The highest BCUT2D eigenvalue weighted by Crippen LogP contribution is 2.34. The number of hydrogen-bond acceptors (Lipinski definition) is 6. The normalized spacial score (nSPS) is 17.2. The molecule has 4 heterocycles. The summed E-state index contributed by atoms with van der Waals surface area (Å²) in [6, 6.07) is 31.7. The molecule has 2 aliphatic rings. The van der Waals surface area contributed by atoms with Crippen LogP contribution in [0.1, 0.15) is 42.3 Å². The zero-order valence-corrected chi connectivity index (χ0v) is 28.6. The van der Waals surface area contributed by atoms with Crippen molar-refractivity contribution in [2.75, 3.05) is 18.4 Å². The van der Waals surface area contributed by atoms with E-state index in [9.17, 15) is 14.4 Å². The smallest absolute Gasteiger partial charge is 0.251 e. The molecule has 2 N–H and O–H groups in total. The van der Waals surface area contributed by atoms with E-state index in [2.05, 4.69) is 21.9 Å². The maximum atomic E-state index is 13.5. The van der Waals surface area contributed by atoms with Crippen molar-refractivity contribution in [1.29, 1.82) is 0 Å². The van der Waals surface area contributed by atoms with Crippen molar-refractivity contribution in [3.63, 3.8) is 0 Å². The molecule has 3 amide bonds. The first kappa shape index (κ1) is 32.9. The zero-order chi connectivity index (χ0) is 35.6. The number of carbonyl (C=O) groups is 3. The van der Waals surface area contributed by atoms with Crippen LogP contribution in [-0.4, -0.2) is 61.6 Å². The standard InChI is InChI=1S/C42H38N6O4/c1-27-19-21-48(38(50)23-29-12-6-3-7-13-29)39(27)41(51)44-32-15-8-14-30(24-32)36-26-43-42(52-36)31-17-18-33-34(25-31)46-40(45-33)35-16-9-20-47(35)37(49)22-28-10-4-2-5-11-28/h2-8,10-15,17-18,24-26,35,39H,1,9,16,19-23H2,(H,44,51)(H,45,46)/t35-,39-/m0/s1. The second kappa shape index (κ2) is 14.1. The molecule has 260 valence electrons. The third kappa shape index (κ3) is 6.75. The van der Waals surface area contributed by atoms with E-state index in [4.69, 9.17) is 9.40 Å². The highest BCUT2D eigenvalue weighted by Gasteiger charge is 2.37. The van der Waals surface area contributed by atoms with Gasteiger partial charge in [-0.3, -0.25) is 14.4 Å². The molecular formula is C42H38N6O4. The number of nitrogens with zero attached hydrogens (tertiary/aromatic N) is 4. The number of nitrogens with one attached hydrogen (secondary N) is 2. The minimum Gasteiger partial charge on any atom is -0.436 e. The summed E-state index contributed by atoms with van der Waals surface area (Å²) in [4.78, 5) is 56.4. The zero-order valence-electron chi connectivity index (χ0n) is 28.6. The van der Waals surface area contributed by atoms with Crippen molar-refractivity contribution in [3.8, 4) is 22.8 Å². The van der Waals surface area contributed by atoms with Crippen molar-refractivity contribution < 1.29 is 18.8 Å². The molecule has 10 heteroatoms. The number of amides is 3. The summed E-state index contributed by atoms with van der Waals surface area (Å²) in [7, 11) is 0. The van der Waals surface area contributed by atoms with Crippen LogP contribution in [0.25, 0.3) is 33.8 Å². The molecule has 4 aromatic carbocycles. The minimum absolute atomic E-state index is 0.0993. The lowest BCUT2D eigenvalue weighted by Crippen LogP contribution is -2.44. The average Bonchev–Trinajstić information content (AvgIpc) is 3.98. The van der Waals surface area contributed by atoms with Gasteiger partial charge < -0.3 is 24.5 Å². The van der Waals surface area contributed by atoms with Crippen LogP contribution in [0.5, 0.6) is 0 Å². The van der Waals surface area contributed by atoms with Gasteiger partial charge in [0.1, 0.15) is 11.9 Å². The van der Waals surface area contributed by atoms with E-state index in [1.54, 1.807) is 17.2 Å². The molecule has 2 aromatic heterocycles. The molecule has 2 atom stereocenters. The van der Waals surface area contributed by atoms with Gasteiger partial charge in [0.15, 0.2) is 5.76 Å². The van der Waals surface area contributed by atoms with Gasteiger partial charge in [-0.25, -0.2) is 9.97 Å². The molecule has 2 aliphatic heterocycles. The number of carbonyl (C=O) groups excluding carboxylic acids is 3. The Balaban J connectivity index is 0.953. The van der Waals surface area contributed by atoms with E-state index in [0.29, 0.717) is 48.8 Å². The molecule has 8 rings (SSSR count). The summed E-state index contributed by atoms with van der Waals surface area (Å²) >= 11 is 0. The first-order valence-corrected chi connectivity index (χ1v) is 17.6. The van der Waals surface area contributed by atoms with Gasteiger partial charge >= 0.3 is 0 Å². The van der Waals surface area contributed by atoms with Crippen LogP contribution in [-0.2, 0) is 27.2 Å². The number of imidazole rings is 1. The summed E-state index contributed by atoms with van der Waals surface area (Å²) in [5.41, 5.74) is 6.36. The number of fused-ring (bicyclic) bond motifs is 1. The number of aromatic nitrogens is 3. The molecular weight excluding hydrogens is 652 g/mol. The topological polar surface area (TPSA) is 124 Å². The van der Waals surface area contributed by atoms with Crippen LogP contribution in [0.3, 0.4) is 0 Å². The van der Waals surface area contributed by atoms with Gasteiger partial charge in [-0.05, 0) is 66.3 Å². The fourth-order valence-electron chi connectivity index (χ4n) is 7.26. The van der Waals surface area contributed by atoms with E-state index in [1.165, 1.54) is 0 Å². The largest absolute Gasteiger partial charge is 0.436 e. The Bertz CT molecular complexity index is 2280. The maximum Gasteiger partial charge on any atom is 0.251 e. The van der Waals surface area contributed by atoms with E-state index < -0.39 is 6.04 Å². The van der Waals surface area contributed by atoms with Gasteiger partial charge in [0, 0.05) is 29.9 Å². The van der Waals surface area contributed by atoms with Gasteiger partial charge in [0.05, 0.1) is 36.1 Å². The van der Waals surface area contributed by atoms with Crippen LogP contribution in [0, 0.1) is 0 Å². The molecule has 52 heavy (non-hydrogen) atoms. The molecule has 10 nitrogen and oxygen atoms in total. The van der Waals surface area contributed by atoms with E-state index >= 15 is 0 Å². The third-order valence-corrected chi connectivity index (χ3v) is 9.89. The van der Waals surface area contributed by atoms with Crippen molar-refractivity contribution >= 4 is 34.4 Å². The molecule has 0 unspecified atom stereocenters. The SMILES string of the molecule is C=C1CCN(C(=O)Cc2ccccc2)[C@@H]1C(=O)Nc1cccc(-c2cnc(-c3ccc4nc([C@@H]5CCCN5C(=O)Cc5ccccc5)[nH]c4c3)o2)c1. The molecule has 6 aromatic rings. The van der Waals surface area contributed by atoms with Crippen molar-refractivity contribution in [2.45, 2.75) is 44.2 Å². The Morgan fingerprint density at radius 1 is 0.827 bits per heavy atom. The highest BCUT2D eigenvalue weighted by molar-refractivity contribution is 6.00. The number of likely N-dealkylation sites (tertiary alicyclic amines) is 2. The number of rotatable bonds is 9. The number of hydrogen-bond donors (Lipinski definition) is 2. The number of H-pyrrole nitrogens is 1. The van der Waals surface area contributed by atoms with Crippen molar-refractivity contribution in [3.05, 3.63) is 138 Å². The minimum atomic E-state index is -0.735. The summed E-state index contributed by atoms with van der Waals surface area (Å²) in [6.07, 6.45) is 4.63. The number of oxazole rings is 1. The molecule has 0 saturated carbocycles. The monoisotopic (exact) mass is 690 g/mol. The number of aromatic amines is 1. The van der Waals surface area contributed by atoms with E-state index in [0.717, 1.165) is 52.0 Å². The summed E-state index contributed by atoms with van der Waals surface area (Å²) in [5.74, 6) is 1.46. The lowest BCUT2D eigenvalue weighted by atomic mass is 10.1. The predicted molar refractivity (Wildman–Crippen MR) is 199 cm³/mol. The molecule has 2 saturated heterocycles. The predicted octanol–water partition coefficient (Wildman–Crippen LogP) is 7.13. The molecule has 0 aliphatic carbocycles. The van der Waals surface area contributed by atoms with Crippen LogP contribution >= 0.6 is 0 Å². The quantitative estimate of drug-likeness (QED) is 0.156. The molecule has 0 spiro atoms. The lowest BCUT2D eigenvalue weighted by molar-refractivity contribution is -0.135. The average molecular weight is 691 g/mol. The van der Waals surface area contributed by atoms with Crippen LogP contribution in [0.15, 0.2) is 126 Å². The Kier molecular flexibility index (Phi) is 8.95. The van der Waals surface area contributed by atoms with Gasteiger partial charge in [-0.2, -0.15) is 0 Å². The fraction of sp³-hybridized carbons (Fsp3) is 0.214. The Labute approximate surface area is 301 Å². The van der Waals surface area contributed by atoms with Crippen LogP contribution in [0.4, 0.5) is 5.69 Å². The fourth-order valence-corrected chi connectivity index (χ4v) is 7.26. The summed E-state index contributed by atoms with van der Waals surface area (Å²) in [5, 5.41) is 2.99. The first-order chi connectivity index (χ1) is 25.4. The van der Waals surface area contributed by atoms with Gasteiger partial charge in [-0.15, -0.1) is 0 Å².